The second-order valence-corrected chi connectivity index (χ2v) is 14.4. The summed E-state index contributed by atoms with van der Waals surface area (Å²) in [6.07, 6.45) is 16.0. The van der Waals surface area contributed by atoms with Gasteiger partial charge in [-0.25, -0.2) is 4.79 Å². The van der Waals surface area contributed by atoms with E-state index in [9.17, 15) is 4.79 Å². The zero-order valence-electron chi connectivity index (χ0n) is 24.9. The van der Waals surface area contributed by atoms with Crippen LogP contribution in [0.4, 0.5) is 4.79 Å². The molecule has 0 bridgehead atoms. The maximum atomic E-state index is 12.5. The molecule has 3 fully saturated rings. The van der Waals surface area contributed by atoms with Crippen molar-refractivity contribution in [2.24, 2.45) is 46.3 Å². The van der Waals surface area contributed by atoms with Gasteiger partial charge in [0.1, 0.15) is 11.9 Å². The largest absolute Gasteiger partial charge is 0.514 e. The van der Waals surface area contributed by atoms with Crippen LogP contribution in [0, 0.1) is 53.3 Å². The van der Waals surface area contributed by atoms with E-state index in [1.54, 1.807) is 5.57 Å². The van der Waals surface area contributed by atoms with E-state index in [0.717, 1.165) is 60.3 Å². The van der Waals surface area contributed by atoms with Gasteiger partial charge in [0.2, 0.25) is 0 Å². The van der Waals surface area contributed by atoms with E-state index in [1.165, 1.54) is 51.4 Å². The van der Waals surface area contributed by atoms with Gasteiger partial charge in [0, 0.05) is 6.42 Å². The lowest BCUT2D eigenvalue weighted by atomic mass is 9.47. The van der Waals surface area contributed by atoms with E-state index >= 15 is 0 Å². The van der Waals surface area contributed by atoms with Crippen LogP contribution in [0.1, 0.15) is 111 Å². The highest BCUT2D eigenvalue weighted by atomic mass is 16.7. The highest BCUT2D eigenvalue weighted by Gasteiger charge is 2.59. The lowest BCUT2D eigenvalue weighted by molar-refractivity contribution is -0.0597. The van der Waals surface area contributed by atoms with Gasteiger partial charge in [-0.3, -0.25) is 0 Å². The molecule has 0 N–H and O–H groups in total. The second-order valence-electron chi connectivity index (χ2n) is 14.4. The predicted molar refractivity (Wildman–Crippen MR) is 155 cm³/mol. The molecule has 1 aromatic rings. The zero-order chi connectivity index (χ0) is 27.1. The van der Waals surface area contributed by atoms with Crippen LogP contribution >= 0.6 is 0 Å². The number of carbonyl (C=O) groups excluding carboxylic acids is 1. The molecule has 3 unspecified atom stereocenters. The fraction of sp³-hybridized carbons (Fsp3) is 0.743. The van der Waals surface area contributed by atoms with Gasteiger partial charge in [0.05, 0.1) is 0 Å². The summed E-state index contributed by atoms with van der Waals surface area (Å²) in [5, 5.41) is 0. The first kappa shape index (κ1) is 27.8. The van der Waals surface area contributed by atoms with E-state index in [4.69, 9.17) is 9.47 Å². The quantitative estimate of drug-likeness (QED) is 0.204. The summed E-state index contributed by atoms with van der Waals surface area (Å²) in [6, 6.07) is 7.56. The molecule has 210 valence electrons. The lowest BCUT2D eigenvalue weighted by Crippen LogP contribution is -2.51. The Labute approximate surface area is 232 Å². The molecule has 3 heteroatoms. The first-order valence-electron chi connectivity index (χ1n) is 15.7. The number of carbonyl (C=O) groups is 1. The van der Waals surface area contributed by atoms with Crippen molar-refractivity contribution >= 4 is 6.16 Å². The Kier molecular flexibility index (Phi) is 8.05. The Hall–Kier alpha value is -1.77. The molecule has 0 radical (unpaired) electrons. The van der Waals surface area contributed by atoms with Gasteiger partial charge in [-0.15, -0.1) is 0 Å². The summed E-state index contributed by atoms with van der Waals surface area (Å²) < 4.78 is 11.3. The Bertz CT molecular complexity index is 1010. The van der Waals surface area contributed by atoms with Crippen molar-refractivity contribution in [1.29, 1.82) is 0 Å². The van der Waals surface area contributed by atoms with Crippen molar-refractivity contribution in [3.8, 4) is 5.75 Å². The Morgan fingerprint density at radius 1 is 0.974 bits per heavy atom. The Balaban J connectivity index is 1.21. The molecule has 5 rings (SSSR count). The SMILES string of the molecule is Cc1ccc(OC(=O)O[C@H]2CC[C@@]3(C)C(=CCC4C3CC[C@@]3(C)C4CC[C@@H]3[C@H](C)CCCC(C)C)C2)cc1. The highest BCUT2D eigenvalue weighted by molar-refractivity contribution is 5.64. The van der Waals surface area contributed by atoms with Crippen molar-refractivity contribution in [1.82, 2.24) is 0 Å². The van der Waals surface area contributed by atoms with Crippen molar-refractivity contribution in [2.45, 2.75) is 118 Å². The fourth-order valence-corrected chi connectivity index (χ4v) is 9.62. The summed E-state index contributed by atoms with van der Waals surface area (Å²) in [5.74, 6) is 5.64. The topological polar surface area (TPSA) is 35.5 Å². The van der Waals surface area contributed by atoms with E-state index in [2.05, 4.69) is 40.7 Å². The zero-order valence-corrected chi connectivity index (χ0v) is 24.9. The summed E-state index contributed by atoms with van der Waals surface area (Å²) in [6.45, 7) is 14.5. The van der Waals surface area contributed by atoms with Crippen LogP contribution in [0.5, 0.6) is 5.75 Å². The normalized spacial score (nSPS) is 37.0. The first-order valence-corrected chi connectivity index (χ1v) is 15.7. The van der Waals surface area contributed by atoms with Crippen LogP contribution in [0.25, 0.3) is 0 Å². The maximum Gasteiger partial charge on any atom is 0.514 e. The molecular weight excluding hydrogens is 468 g/mol. The van der Waals surface area contributed by atoms with Crippen LogP contribution in [0.15, 0.2) is 35.9 Å². The third-order valence-electron chi connectivity index (χ3n) is 11.7. The van der Waals surface area contributed by atoms with Crippen LogP contribution in [-0.4, -0.2) is 12.3 Å². The van der Waals surface area contributed by atoms with Gasteiger partial charge >= 0.3 is 6.16 Å². The van der Waals surface area contributed by atoms with Crippen molar-refractivity contribution in [3.63, 3.8) is 0 Å². The molecule has 0 heterocycles. The molecule has 3 nitrogen and oxygen atoms in total. The van der Waals surface area contributed by atoms with Crippen LogP contribution < -0.4 is 4.74 Å². The van der Waals surface area contributed by atoms with E-state index in [1.807, 2.05) is 31.2 Å². The Morgan fingerprint density at radius 3 is 2.47 bits per heavy atom. The standard InChI is InChI=1S/C35H52O3/c1-23(2)8-7-9-25(4)30-16-17-31-29-15-12-26-22-28(38-33(36)37-27-13-10-24(3)11-14-27)18-20-34(26,5)32(29)19-21-35(30,31)6/h10-14,23,25,28-32H,7-9,15-22H2,1-6H3/t25-,28+,29?,30-,31?,32?,34+,35-/m1/s1. The fourth-order valence-electron chi connectivity index (χ4n) is 9.62. The molecule has 0 aliphatic heterocycles. The smallest absolute Gasteiger partial charge is 0.430 e. The highest BCUT2D eigenvalue weighted by Crippen LogP contribution is 2.67. The molecular formula is C35H52O3. The minimum Gasteiger partial charge on any atom is -0.430 e. The average molecular weight is 521 g/mol. The summed E-state index contributed by atoms with van der Waals surface area (Å²) in [7, 11) is 0. The van der Waals surface area contributed by atoms with Gasteiger partial charge < -0.3 is 9.47 Å². The summed E-state index contributed by atoms with van der Waals surface area (Å²) >= 11 is 0. The molecule has 38 heavy (non-hydrogen) atoms. The molecule has 4 aliphatic carbocycles. The molecule has 8 atom stereocenters. The summed E-state index contributed by atoms with van der Waals surface area (Å²) in [4.78, 5) is 12.5. The number of aryl methyl sites for hydroxylation is 1. The van der Waals surface area contributed by atoms with E-state index < -0.39 is 6.16 Å². The van der Waals surface area contributed by atoms with Crippen molar-refractivity contribution in [3.05, 3.63) is 41.5 Å². The third-order valence-corrected chi connectivity index (χ3v) is 11.7. The molecule has 0 amide bonds. The minimum atomic E-state index is -0.565. The minimum absolute atomic E-state index is 0.0692. The monoisotopic (exact) mass is 520 g/mol. The average Bonchev–Trinajstić information content (AvgIpc) is 3.23. The van der Waals surface area contributed by atoms with Crippen LogP contribution in [0.3, 0.4) is 0 Å². The number of rotatable bonds is 7. The molecule has 0 aromatic heterocycles. The number of allylic oxidation sites excluding steroid dienone is 1. The van der Waals surface area contributed by atoms with Crippen LogP contribution in [-0.2, 0) is 4.74 Å². The molecule has 0 saturated heterocycles. The number of hydrogen-bond acceptors (Lipinski definition) is 3. The molecule has 3 saturated carbocycles. The summed E-state index contributed by atoms with van der Waals surface area (Å²) in [5.41, 5.74) is 3.50. The Morgan fingerprint density at radius 2 is 1.74 bits per heavy atom. The predicted octanol–water partition coefficient (Wildman–Crippen LogP) is 9.92. The second kappa shape index (κ2) is 11.0. The van der Waals surface area contributed by atoms with E-state index in [0.29, 0.717) is 11.2 Å². The van der Waals surface area contributed by atoms with Gasteiger partial charge in [-0.2, -0.15) is 0 Å². The maximum absolute atomic E-state index is 12.5. The molecule has 1 aromatic carbocycles. The number of hydrogen-bond donors (Lipinski definition) is 0. The molecule has 0 spiro atoms. The van der Waals surface area contributed by atoms with Gasteiger partial charge in [0.15, 0.2) is 0 Å². The van der Waals surface area contributed by atoms with Crippen molar-refractivity contribution < 1.29 is 14.3 Å². The number of ether oxygens (including phenoxy) is 2. The van der Waals surface area contributed by atoms with E-state index in [-0.39, 0.29) is 11.5 Å². The lowest BCUT2D eigenvalue weighted by Gasteiger charge is -2.58. The van der Waals surface area contributed by atoms with Crippen LogP contribution in [0.2, 0.25) is 0 Å². The first-order chi connectivity index (χ1) is 18.1. The third kappa shape index (κ3) is 5.33. The van der Waals surface area contributed by atoms with Gasteiger partial charge in [-0.05, 0) is 110 Å². The molecule has 4 aliphatic rings. The number of fused-ring (bicyclic) bond motifs is 5. The van der Waals surface area contributed by atoms with Gasteiger partial charge in [-0.1, -0.05) is 83.2 Å². The number of benzene rings is 1. The van der Waals surface area contributed by atoms with Gasteiger partial charge in [0.25, 0.3) is 0 Å². The van der Waals surface area contributed by atoms with Crippen molar-refractivity contribution in [2.75, 3.05) is 0 Å².